The lowest BCUT2D eigenvalue weighted by Gasteiger charge is -2.26. The Morgan fingerprint density at radius 2 is 1.75 bits per heavy atom. The average Bonchev–Trinajstić information content (AvgIpc) is 2.04. The van der Waals surface area contributed by atoms with E-state index in [2.05, 4.69) is 32.4 Å². The molecule has 0 heterocycles. The van der Waals surface area contributed by atoms with Crippen LogP contribution >= 0.6 is 0 Å². The molecule has 0 N–H and O–H groups in total. The number of hydrogen-bond acceptors (Lipinski definition) is 1. The summed E-state index contributed by atoms with van der Waals surface area (Å²) in [7, 11) is 2.19. The van der Waals surface area contributed by atoms with Crippen molar-refractivity contribution in [2.75, 3.05) is 13.6 Å². The van der Waals surface area contributed by atoms with Gasteiger partial charge in [0, 0.05) is 12.6 Å². The highest BCUT2D eigenvalue weighted by molar-refractivity contribution is 4.76. The molecule has 72 valence electrons. The summed E-state index contributed by atoms with van der Waals surface area (Å²) in [5.74, 6) is 0. The normalized spacial score (nSPS) is 11.1. The predicted molar refractivity (Wildman–Crippen MR) is 56.4 cm³/mol. The molecule has 0 aromatic rings. The maximum absolute atomic E-state index is 3.76. The standard InChI is InChI=1S/C11H23N/c1-5-8-11(9-6-2)12(4)10-7-3/h7,11H,3,5-6,8-10H2,1-2,4H3. The SMILES string of the molecule is C=CCN(C)C(CCC)CCC. The molecular formula is C11H23N. The van der Waals surface area contributed by atoms with Gasteiger partial charge in [-0.05, 0) is 19.9 Å². The fraction of sp³-hybridized carbons (Fsp3) is 0.818. The van der Waals surface area contributed by atoms with Gasteiger partial charge >= 0.3 is 0 Å². The topological polar surface area (TPSA) is 3.24 Å². The van der Waals surface area contributed by atoms with E-state index < -0.39 is 0 Å². The maximum atomic E-state index is 3.76. The van der Waals surface area contributed by atoms with Gasteiger partial charge in [0.15, 0.2) is 0 Å². The van der Waals surface area contributed by atoms with Crippen molar-refractivity contribution >= 4 is 0 Å². The number of hydrogen-bond donors (Lipinski definition) is 0. The molecule has 0 aliphatic rings. The summed E-state index contributed by atoms with van der Waals surface area (Å²) in [5, 5.41) is 0. The van der Waals surface area contributed by atoms with Crippen molar-refractivity contribution in [3.8, 4) is 0 Å². The quantitative estimate of drug-likeness (QED) is 0.529. The largest absolute Gasteiger partial charge is 0.300 e. The Labute approximate surface area is 77.5 Å². The van der Waals surface area contributed by atoms with Crippen LogP contribution in [0, 0.1) is 0 Å². The summed E-state index contributed by atoms with van der Waals surface area (Å²) in [5.41, 5.74) is 0. The third-order valence-electron chi connectivity index (χ3n) is 2.28. The Morgan fingerprint density at radius 1 is 1.25 bits per heavy atom. The summed E-state index contributed by atoms with van der Waals surface area (Å²) in [6.07, 6.45) is 7.19. The summed E-state index contributed by atoms with van der Waals surface area (Å²) < 4.78 is 0. The first kappa shape index (κ1) is 11.7. The van der Waals surface area contributed by atoms with E-state index in [4.69, 9.17) is 0 Å². The Bertz CT molecular complexity index is 104. The smallest absolute Gasteiger partial charge is 0.0160 e. The molecule has 0 amide bonds. The second-order valence-electron chi connectivity index (χ2n) is 3.46. The van der Waals surface area contributed by atoms with Crippen LogP contribution in [0.2, 0.25) is 0 Å². The van der Waals surface area contributed by atoms with Crippen molar-refractivity contribution in [3.63, 3.8) is 0 Å². The lowest BCUT2D eigenvalue weighted by Crippen LogP contribution is -2.31. The summed E-state index contributed by atoms with van der Waals surface area (Å²) in [6, 6.07) is 0.762. The molecule has 0 aliphatic carbocycles. The zero-order valence-electron chi connectivity index (χ0n) is 8.84. The number of likely N-dealkylation sites (N-methyl/N-ethyl adjacent to an activating group) is 1. The van der Waals surface area contributed by atoms with Crippen molar-refractivity contribution in [2.24, 2.45) is 0 Å². The van der Waals surface area contributed by atoms with Crippen LogP contribution in [0.1, 0.15) is 39.5 Å². The molecule has 0 atom stereocenters. The van der Waals surface area contributed by atoms with Gasteiger partial charge in [-0.25, -0.2) is 0 Å². The van der Waals surface area contributed by atoms with Gasteiger partial charge < -0.3 is 0 Å². The summed E-state index contributed by atoms with van der Waals surface area (Å²) in [4.78, 5) is 2.40. The van der Waals surface area contributed by atoms with Crippen LogP contribution in [0.5, 0.6) is 0 Å². The van der Waals surface area contributed by atoms with Crippen molar-refractivity contribution < 1.29 is 0 Å². The lowest BCUT2D eigenvalue weighted by molar-refractivity contribution is 0.237. The molecule has 0 aromatic carbocycles. The Kier molecular flexibility index (Phi) is 7.17. The van der Waals surface area contributed by atoms with Gasteiger partial charge in [0.05, 0.1) is 0 Å². The van der Waals surface area contributed by atoms with E-state index in [0.717, 1.165) is 12.6 Å². The highest BCUT2D eigenvalue weighted by Gasteiger charge is 2.10. The van der Waals surface area contributed by atoms with Gasteiger partial charge in [-0.2, -0.15) is 0 Å². The van der Waals surface area contributed by atoms with Crippen LogP contribution in [0.15, 0.2) is 12.7 Å². The zero-order valence-corrected chi connectivity index (χ0v) is 8.84. The Hall–Kier alpha value is -0.300. The highest BCUT2D eigenvalue weighted by Crippen LogP contribution is 2.10. The third kappa shape index (κ3) is 4.55. The molecule has 12 heavy (non-hydrogen) atoms. The van der Waals surface area contributed by atoms with Crippen LogP contribution < -0.4 is 0 Å². The minimum atomic E-state index is 0.762. The van der Waals surface area contributed by atoms with Crippen LogP contribution in [-0.4, -0.2) is 24.5 Å². The van der Waals surface area contributed by atoms with Crippen molar-refractivity contribution in [1.29, 1.82) is 0 Å². The molecule has 0 saturated heterocycles. The van der Waals surface area contributed by atoms with E-state index in [1.54, 1.807) is 0 Å². The van der Waals surface area contributed by atoms with E-state index in [1.165, 1.54) is 25.7 Å². The minimum absolute atomic E-state index is 0.762. The van der Waals surface area contributed by atoms with Gasteiger partial charge in [-0.1, -0.05) is 32.8 Å². The monoisotopic (exact) mass is 169 g/mol. The third-order valence-corrected chi connectivity index (χ3v) is 2.28. The molecule has 0 aromatic heterocycles. The first-order valence-corrected chi connectivity index (χ1v) is 5.07. The van der Waals surface area contributed by atoms with Crippen LogP contribution in [0.3, 0.4) is 0 Å². The summed E-state index contributed by atoms with van der Waals surface area (Å²) >= 11 is 0. The lowest BCUT2D eigenvalue weighted by atomic mass is 10.1. The second kappa shape index (κ2) is 7.35. The molecule has 0 saturated carbocycles. The summed E-state index contributed by atoms with van der Waals surface area (Å²) in [6.45, 7) is 9.29. The van der Waals surface area contributed by atoms with Gasteiger partial charge in [-0.15, -0.1) is 6.58 Å². The molecule has 0 bridgehead atoms. The molecular weight excluding hydrogens is 146 g/mol. The van der Waals surface area contributed by atoms with E-state index >= 15 is 0 Å². The van der Waals surface area contributed by atoms with E-state index in [0.29, 0.717) is 0 Å². The van der Waals surface area contributed by atoms with Gasteiger partial charge in [0.1, 0.15) is 0 Å². The Morgan fingerprint density at radius 3 is 2.08 bits per heavy atom. The fourth-order valence-corrected chi connectivity index (χ4v) is 1.60. The molecule has 0 rings (SSSR count). The molecule has 1 nitrogen and oxygen atoms in total. The fourth-order valence-electron chi connectivity index (χ4n) is 1.60. The number of nitrogens with zero attached hydrogens (tertiary/aromatic N) is 1. The highest BCUT2D eigenvalue weighted by atomic mass is 15.1. The van der Waals surface area contributed by atoms with Crippen molar-refractivity contribution in [2.45, 2.75) is 45.6 Å². The average molecular weight is 169 g/mol. The van der Waals surface area contributed by atoms with Gasteiger partial charge in [0.2, 0.25) is 0 Å². The maximum Gasteiger partial charge on any atom is 0.0160 e. The second-order valence-corrected chi connectivity index (χ2v) is 3.46. The van der Waals surface area contributed by atoms with E-state index in [9.17, 15) is 0 Å². The first-order valence-electron chi connectivity index (χ1n) is 5.07. The molecule has 0 fully saturated rings. The first-order chi connectivity index (χ1) is 5.76. The molecule has 0 aliphatic heterocycles. The van der Waals surface area contributed by atoms with Crippen LogP contribution in [0.25, 0.3) is 0 Å². The molecule has 0 spiro atoms. The van der Waals surface area contributed by atoms with Crippen molar-refractivity contribution in [3.05, 3.63) is 12.7 Å². The van der Waals surface area contributed by atoms with Crippen LogP contribution in [0.4, 0.5) is 0 Å². The zero-order chi connectivity index (χ0) is 9.40. The Balaban J connectivity index is 3.80. The molecule has 0 unspecified atom stereocenters. The van der Waals surface area contributed by atoms with Gasteiger partial charge in [-0.3, -0.25) is 4.90 Å². The predicted octanol–water partition coefficient (Wildman–Crippen LogP) is 3.07. The van der Waals surface area contributed by atoms with Crippen LogP contribution in [-0.2, 0) is 0 Å². The number of rotatable bonds is 7. The van der Waals surface area contributed by atoms with Gasteiger partial charge in [0.25, 0.3) is 0 Å². The molecule has 1 heteroatoms. The molecule has 0 radical (unpaired) electrons. The van der Waals surface area contributed by atoms with Crippen molar-refractivity contribution in [1.82, 2.24) is 4.90 Å². The minimum Gasteiger partial charge on any atom is -0.300 e. The van der Waals surface area contributed by atoms with E-state index in [1.807, 2.05) is 6.08 Å². The van der Waals surface area contributed by atoms with E-state index in [-0.39, 0.29) is 0 Å².